The normalized spacial score (nSPS) is 19.4. The summed E-state index contributed by atoms with van der Waals surface area (Å²) < 4.78 is 5.08. The topological polar surface area (TPSA) is 21.3 Å². The molecule has 1 aromatic carbocycles. The van der Waals surface area contributed by atoms with Crippen LogP contribution in [0, 0.1) is 5.92 Å². The number of rotatable bonds is 4. The number of ether oxygens (including phenoxy) is 1. The highest BCUT2D eigenvalue weighted by Crippen LogP contribution is 2.26. The van der Waals surface area contributed by atoms with Gasteiger partial charge in [-0.3, -0.25) is 0 Å². The van der Waals surface area contributed by atoms with Crippen molar-refractivity contribution >= 4 is 5.69 Å². The highest BCUT2D eigenvalue weighted by Gasteiger charge is 2.16. The van der Waals surface area contributed by atoms with Crippen molar-refractivity contribution in [3.8, 4) is 0 Å². The first-order valence-corrected chi connectivity index (χ1v) is 5.71. The summed E-state index contributed by atoms with van der Waals surface area (Å²) in [6.45, 7) is 2.00. The second kappa shape index (κ2) is 5.17. The van der Waals surface area contributed by atoms with E-state index in [0.29, 0.717) is 0 Å². The Hall–Kier alpha value is -1.02. The summed E-state index contributed by atoms with van der Waals surface area (Å²) in [5.74, 6) is 0.773. The minimum atomic E-state index is 0.773. The first-order chi connectivity index (χ1) is 7.40. The molecule has 1 heterocycles. The number of anilines is 1. The Balaban J connectivity index is 1.88. The number of hydrogen-bond acceptors (Lipinski definition) is 2. The molecular formula is C13H19NO. The molecule has 0 saturated heterocycles. The van der Waals surface area contributed by atoms with Gasteiger partial charge in [0.25, 0.3) is 0 Å². The number of hydrogen-bond donors (Lipinski definition) is 1. The molecule has 0 fully saturated rings. The number of fused-ring (bicyclic) bond motifs is 1. The quantitative estimate of drug-likeness (QED) is 0.763. The molecule has 2 heteroatoms. The maximum atomic E-state index is 5.08. The molecular weight excluding hydrogens is 186 g/mol. The van der Waals surface area contributed by atoms with Crippen LogP contribution in [0.4, 0.5) is 5.69 Å². The van der Waals surface area contributed by atoms with Gasteiger partial charge in [-0.2, -0.15) is 0 Å². The lowest BCUT2D eigenvalue weighted by atomic mass is 9.91. The zero-order valence-electron chi connectivity index (χ0n) is 9.33. The Labute approximate surface area is 91.6 Å². The Kier molecular flexibility index (Phi) is 3.62. The van der Waals surface area contributed by atoms with Gasteiger partial charge in [-0.05, 0) is 36.8 Å². The molecule has 2 nitrogen and oxygen atoms in total. The maximum Gasteiger partial charge on any atom is 0.0462 e. The largest absolute Gasteiger partial charge is 0.385 e. The number of methoxy groups -OCH3 is 1. The second-order valence-corrected chi connectivity index (χ2v) is 4.24. The molecule has 2 rings (SSSR count). The molecule has 82 valence electrons. The van der Waals surface area contributed by atoms with Crippen LogP contribution in [0.2, 0.25) is 0 Å². The summed E-state index contributed by atoms with van der Waals surface area (Å²) in [6, 6.07) is 8.61. The molecule has 0 bridgehead atoms. The van der Waals surface area contributed by atoms with Crippen molar-refractivity contribution in [1.82, 2.24) is 0 Å². The van der Waals surface area contributed by atoms with E-state index >= 15 is 0 Å². The van der Waals surface area contributed by atoms with E-state index in [1.54, 1.807) is 7.11 Å². The van der Waals surface area contributed by atoms with Gasteiger partial charge in [-0.15, -0.1) is 0 Å². The lowest BCUT2D eigenvalue weighted by molar-refractivity contribution is 0.187. The van der Waals surface area contributed by atoms with Crippen molar-refractivity contribution in [3.63, 3.8) is 0 Å². The van der Waals surface area contributed by atoms with Gasteiger partial charge in [0.2, 0.25) is 0 Å². The third-order valence-electron chi connectivity index (χ3n) is 3.07. The molecule has 1 aliphatic rings. The van der Waals surface area contributed by atoms with Gasteiger partial charge < -0.3 is 10.1 Å². The van der Waals surface area contributed by atoms with E-state index in [9.17, 15) is 0 Å². The van der Waals surface area contributed by atoms with Crippen molar-refractivity contribution in [3.05, 3.63) is 29.8 Å². The minimum Gasteiger partial charge on any atom is -0.385 e. The van der Waals surface area contributed by atoms with Crippen LogP contribution in [-0.2, 0) is 11.2 Å². The van der Waals surface area contributed by atoms with Gasteiger partial charge in [0.05, 0.1) is 0 Å². The molecule has 0 spiro atoms. The fourth-order valence-corrected chi connectivity index (χ4v) is 2.23. The zero-order chi connectivity index (χ0) is 10.5. The monoisotopic (exact) mass is 205 g/mol. The van der Waals surface area contributed by atoms with Crippen LogP contribution >= 0.6 is 0 Å². The summed E-state index contributed by atoms with van der Waals surface area (Å²) in [4.78, 5) is 0. The van der Waals surface area contributed by atoms with Crippen molar-refractivity contribution in [2.24, 2.45) is 5.92 Å². The van der Waals surface area contributed by atoms with Crippen LogP contribution in [0.25, 0.3) is 0 Å². The van der Waals surface area contributed by atoms with E-state index in [-0.39, 0.29) is 0 Å². The van der Waals surface area contributed by atoms with Crippen molar-refractivity contribution in [1.29, 1.82) is 0 Å². The zero-order valence-corrected chi connectivity index (χ0v) is 9.33. The molecule has 1 unspecified atom stereocenters. The fraction of sp³-hybridized carbons (Fsp3) is 0.538. The van der Waals surface area contributed by atoms with E-state index in [2.05, 4.69) is 29.6 Å². The molecule has 0 radical (unpaired) electrons. The molecule has 0 saturated carbocycles. The van der Waals surface area contributed by atoms with Crippen LogP contribution < -0.4 is 5.32 Å². The summed E-state index contributed by atoms with van der Waals surface area (Å²) in [7, 11) is 1.77. The lowest BCUT2D eigenvalue weighted by Crippen LogP contribution is -2.23. The van der Waals surface area contributed by atoms with Crippen molar-refractivity contribution < 1.29 is 4.74 Å². The van der Waals surface area contributed by atoms with Crippen molar-refractivity contribution in [2.75, 3.05) is 25.6 Å². The molecule has 0 aliphatic carbocycles. The molecule has 0 aromatic heterocycles. The van der Waals surface area contributed by atoms with Crippen LogP contribution in [0.3, 0.4) is 0 Å². The third-order valence-corrected chi connectivity index (χ3v) is 3.07. The summed E-state index contributed by atoms with van der Waals surface area (Å²) >= 11 is 0. The number of nitrogens with one attached hydrogen (secondary N) is 1. The average molecular weight is 205 g/mol. The molecule has 1 aliphatic heterocycles. The van der Waals surface area contributed by atoms with Gasteiger partial charge in [0, 0.05) is 25.9 Å². The molecule has 1 N–H and O–H groups in total. The minimum absolute atomic E-state index is 0.773. The third kappa shape index (κ3) is 2.72. The molecule has 1 aromatic rings. The summed E-state index contributed by atoms with van der Waals surface area (Å²) in [5, 5.41) is 3.50. The summed E-state index contributed by atoms with van der Waals surface area (Å²) in [6.07, 6.45) is 3.65. The van der Waals surface area contributed by atoms with E-state index in [4.69, 9.17) is 4.74 Å². The average Bonchev–Trinajstić information content (AvgIpc) is 2.29. The van der Waals surface area contributed by atoms with Crippen LogP contribution in [-0.4, -0.2) is 20.3 Å². The predicted molar refractivity (Wildman–Crippen MR) is 63.2 cm³/mol. The van der Waals surface area contributed by atoms with E-state index < -0.39 is 0 Å². The second-order valence-electron chi connectivity index (χ2n) is 4.24. The van der Waals surface area contributed by atoms with Gasteiger partial charge in [-0.25, -0.2) is 0 Å². The molecule has 1 atom stereocenters. The maximum absolute atomic E-state index is 5.08. The Morgan fingerprint density at radius 1 is 1.40 bits per heavy atom. The Morgan fingerprint density at radius 2 is 2.27 bits per heavy atom. The highest BCUT2D eigenvalue weighted by molar-refractivity contribution is 5.53. The van der Waals surface area contributed by atoms with E-state index in [1.807, 2.05) is 0 Å². The fourth-order valence-electron chi connectivity index (χ4n) is 2.23. The number of para-hydroxylation sites is 1. The van der Waals surface area contributed by atoms with Gasteiger partial charge >= 0.3 is 0 Å². The van der Waals surface area contributed by atoms with Crippen LogP contribution in [0.15, 0.2) is 24.3 Å². The van der Waals surface area contributed by atoms with Crippen LogP contribution in [0.1, 0.15) is 18.4 Å². The van der Waals surface area contributed by atoms with Crippen LogP contribution in [0.5, 0.6) is 0 Å². The Morgan fingerprint density at radius 3 is 3.13 bits per heavy atom. The van der Waals surface area contributed by atoms with E-state index in [1.165, 1.54) is 30.5 Å². The van der Waals surface area contributed by atoms with Gasteiger partial charge in [0.1, 0.15) is 0 Å². The smallest absolute Gasteiger partial charge is 0.0462 e. The Bertz CT molecular complexity index is 311. The first kappa shape index (κ1) is 10.5. The standard InChI is InChI=1S/C13H19NO/c1-15-8-4-5-11-9-12-6-2-3-7-13(12)14-10-11/h2-3,6-7,11,14H,4-5,8-10H2,1H3. The SMILES string of the molecule is COCCCC1CNc2ccccc2C1. The van der Waals surface area contributed by atoms with Gasteiger partial charge in [-0.1, -0.05) is 18.2 Å². The summed E-state index contributed by atoms with van der Waals surface area (Å²) in [5.41, 5.74) is 2.78. The molecule has 15 heavy (non-hydrogen) atoms. The first-order valence-electron chi connectivity index (χ1n) is 5.71. The highest BCUT2D eigenvalue weighted by atomic mass is 16.5. The van der Waals surface area contributed by atoms with E-state index in [0.717, 1.165) is 19.1 Å². The van der Waals surface area contributed by atoms with Gasteiger partial charge in [0.15, 0.2) is 0 Å². The van der Waals surface area contributed by atoms with Crippen molar-refractivity contribution in [2.45, 2.75) is 19.3 Å². The number of benzene rings is 1. The lowest BCUT2D eigenvalue weighted by Gasteiger charge is -2.26. The molecule has 0 amide bonds. The predicted octanol–water partition coefficient (Wildman–Crippen LogP) is 2.70.